The van der Waals surface area contributed by atoms with Gasteiger partial charge in [0.05, 0.1) is 10.6 Å². The molecule has 0 saturated heterocycles. The minimum atomic E-state index is -0.335. The van der Waals surface area contributed by atoms with Gasteiger partial charge in [-0.05, 0) is 58.4 Å². The van der Waals surface area contributed by atoms with Gasteiger partial charge in [-0.15, -0.1) is 17.9 Å². The molecule has 7 heteroatoms. The Morgan fingerprint density at radius 3 is 2.93 bits per heavy atom. The second kappa shape index (κ2) is 9.76. The zero-order valence-corrected chi connectivity index (χ0v) is 19.0. The molecule has 0 bridgehead atoms. The molecule has 3 rings (SSSR count). The van der Waals surface area contributed by atoms with Gasteiger partial charge in [0.1, 0.15) is 4.83 Å². The van der Waals surface area contributed by atoms with Crippen molar-refractivity contribution in [2.45, 2.75) is 69.8 Å². The number of aromatic nitrogens is 2. The van der Waals surface area contributed by atoms with Crippen LogP contribution in [-0.4, -0.2) is 27.3 Å². The quantitative estimate of drug-likeness (QED) is 0.372. The summed E-state index contributed by atoms with van der Waals surface area (Å²) in [6.45, 7) is 10.6. The molecule has 1 N–H and O–H groups in total. The Bertz CT molecular complexity index is 1000. The number of nitrogens with zero attached hydrogens (tertiary/aromatic N) is 2. The number of nitrogens with one attached hydrogen (secondary N) is 1. The van der Waals surface area contributed by atoms with E-state index in [0.29, 0.717) is 23.6 Å². The summed E-state index contributed by atoms with van der Waals surface area (Å²) in [4.78, 5) is 32.2. The minimum absolute atomic E-state index is 0.0237. The van der Waals surface area contributed by atoms with E-state index >= 15 is 0 Å². The highest BCUT2D eigenvalue weighted by atomic mass is 32.2. The van der Waals surface area contributed by atoms with E-state index in [1.165, 1.54) is 41.5 Å². The third-order valence-corrected chi connectivity index (χ3v) is 7.54. The molecule has 0 spiro atoms. The van der Waals surface area contributed by atoms with Crippen molar-refractivity contribution in [3.05, 3.63) is 45.1 Å². The SMILES string of the molecule is C=CCn1c(S[C@H](C)C(=O)NCCC2=CCCCC2)nc2sc(C)c(C)c2c1=O. The third kappa shape index (κ3) is 5.01. The molecule has 0 aromatic carbocycles. The summed E-state index contributed by atoms with van der Waals surface area (Å²) < 4.78 is 1.62. The van der Waals surface area contributed by atoms with Crippen molar-refractivity contribution >= 4 is 39.2 Å². The van der Waals surface area contributed by atoms with Crippen LogP contribution in [0.2, 0.25) is 0 Å². The lowest BCUT2D eigenvalue weighted by atomic mass is 9.97. The molecule has 0 aliphatic heterocycles. The van der Waals surface area contributed by atoms with Gasteiger partial charge in [-0.1, -0.05) is 29.5 Å². The molecule has 0 fully saturated rings. The number of thiophene rings is 1. The topological polar surface area (TPSA) is 64.0 Å². The zero-order chi connectivity index (χ0) is 21.0. The fourth-order valence-corrected chi connectivity index (χ4v) is 5.53. The summed E-state index contributed by atoms with van der Waals surface area (Å²) in [5.41, 5.74) is 2.38. The van der Waals surface area contributed by atoms with E-state index in [-0.39, 0.29) is 16.7 Å². The number of carbonyl (C=O) groups excluding carboxylic acids is 1. The smallest absolute Gasteiger partial charge is 0.263 e. The van der Waals surface area contributed by atoms with Crippen LogP contribution in [0.15, 0.2) is 34.3 Å². The third-order valence-electron chi connectivity index (χ3n) is 5.35. The highest BCUT2D eigenvalue weighted by molar-refractivity contribution is 8.00. The molecule has 0 unspecified atom stereocenters. The van der Waals surface area contributed by atoms with Gasteiger partial charge in [0.25, 0.3) is 5.56 Å². The number of carbonyl (C=O) groups is 1. The number of hydrogen-bond donors (Lipinski definition) is 1. The van der Waals surface area contributed by atoms with Crippen LogP contribution in [0.4, 0.5) is 0 Å². The lowest BCUT2D eigenvalue weighted by Crippen LogP contribution is -2.33. The maximum atomic E-state index is 13.0. The fraction of sp³-hybridized carbons (Fsp3) is 0.500. The first-order valence-corrected chi connectivity index (χ1v) is 11.9. The Kier molecular flexibility index (Phi) is 7.35. The molecular weight excluding hydrogens is 402 g/mol. The average Bonchev–Trinajstić information content (AvgIpc) is 2.99. The fourth-order valence-electron chi connectivity index (χ4n) is 3.52. The molecule has 1 aliphatic rings. The van der Waals surface area contributed by atoms with Crippen LogP contribution >= 0.6 is 23.1 Å². The van der Waals surface area contributed by atoms with Gasteiger partial charge in [-0.25, -0.2) is 4.98 Å². The Hall–Kier alpha value is -1.86. The van der Waals surface area contributed by atoms with Crippen molar-refractivity contribution in [2.75, 3.05) is 6.54 Å². The normalized spacial score (nSPS) is 15.2. The predicted octanol–water partition coefficient (Wildman–Crippen LogP) is 4.75. The summed E-state index contributed by atoms with van der Waals surface area (Å²) in [5, 5.41) is 3.95. The van der Waals surface area contributed by atoms with Crippen LogP contribution in [0.5, 0.6) is 0 Å². The van der Waals surface area contributed by atoms with E-state index < -0.39 is 0 Å². The highest BCUT2D eigenvalue weighted by Gasteiger charge is 2.21. The molecule has 1 atom stereocenters. The summed E-state index contributed by atoms with van der Waals surface area (Å²) >= 11 is 2.86. The van der Waals surface area contributed by atoms with Gasteiger partial charge >= 0.3 is 0 Å². The zero-order valence-electron chi connectivity index (χ0n) is 17.4. The number of thioether (sulfide) groups is 1. The molecule has 1 amide bonds. The summed E-state index contributed by atoms with van der Waals surface area (Å²) in [6, 6.07) is 0. The van der Waals surface area contributed by atoms with Gasteiger partial charge in [0, 0.05) is 18.0 Å². The maximum Gasteiger partial charge on any atom is 0.263 e. The number of fused-ring (bicyclic) bond motifs is 1. The first-order chi connectivity index (χ1) is 13.9. The molecule has 0 saturated carbocycles. The Morgan fingerprint density at radius 1 is 1.45 bits per heavy atom. The predicted molar refractivity (Wildman–Crippen MR) is 123 cm³/mol. The molecule has 0 radical (unpaired) electrons. The van der Waals surface area contributed by atoms with Gasteiger partial charge < -0.3 is 5.32 Å². The van der Waals surface area contributed by atoms with Crippen LogP contribution in [0.3, 0.4) is 0 Å². The largest absolute Gasteiger partial charge is 0.355 e. The molecule has 2 heterocycles. The summed E-state index contributed by atoms with van der Waals surface area (Å²) in [6.07, 6.45) is 9.76. The Labute approximate surface area is 180 Å². The van der Waals surface area contributed by atoms with E-state index in [0.717, 1.165) is 34.5 Å². The second-order valence-corrected chi connectivity index (χ2v) is 9.98. The van der Waals surface area contributed by atoms with E-state index in [9.17, 15) is 9.59 Å². The van der Waals surface area contributed by atoms with Crippen LogP contribution in [-0.2, 0) is 11.3 Å². The number of rotatable bonds is 8. The number of allylic oxidation sites excluding steroid dienone is 2. The molecule has 2 aromatic rings. The number of hydrogen-bond acceptors (Lipinski definition) is 5. The van der Waals surface area contributed by atoms with Gasteiger partial charge in [-0.2, -0.15) is 0 Å². The lowest BCUT2D eigenvalue weighted by Gasteiger charge is -2.16. The Morgan fingerprint density at radius 2 is 2.24 bits per heavy atom. The van der Waals surface area contributed by atoms with Gasteiger partial charge in [0.2, 0.25) is 5.91 Å². The van der Waals surface area contributed by atoms with Crippen molar-refractivity contribution < 1.29 is 4.79 Å². The van der Waals surface area contributed by atoms with E-state index in [1.54, 1.807) is 10.6 Å². The standard InChI is InChI=1S/C22H29N3O2S2/c1-5-13-25-21(27)18-14(2)15(3)28-20(18)24-22(25)29-16(4)19(26)23-12-11-17-9-7-6-8-10-17/h5,9,16H,1,6-8,10-13H2,2-4H3,(H,23,26)/t16-/m1/s1. The summed E-state index contributed by atoms with van der Waals surface area (Å²) in [7, 11) is 0. The van der Waals surface area contributed by atoms with Crippen molar-refractivity contribution in [3.8, 4) is 0 Å². The molecule has 29 heavy (non-hydrogen) atoms. The Balaban J connectivity index is 1.73. The van der Waals surface area contributed by atoms with Gasteiger partial charge in [-0.3, -0.25) is 14.2 Å². The van der Waals surface area contributed by atoms with Crippen molar-refractivity contribution in [3.63, 3.8) is 0 Å². The molecule has 5 nitrogen and oxygen atoms in total. The first-order valence-electron chi connectivity index (χ1n) is 10.2. The van der Waals surface area contributed by atoms with Crippen LogP contribution in [0.1, 0.15) is 49.5 Å². The summed E-state index contributed by atoms with van der Waals surface area (Å²) in [5.74, 6) is -0.0237. The molecule has 1 aliphatic carbocycles. The molecule has 2 aromatic heterocycles. The van der Waals surface area contributed by atoms with Crippen LogP contribution in [0.25, 0.3) is 10.2 Å². The maximum absolute atomic E-state index is 13.0. The van der Waals surface area contributed by atoms with E-state index in [1.807, 2.05) is 20.8 Å². The van der Waals surface area contributed by atoms with E-state index in [4.69, 9.17) is 4.98 Å². The lowest BCUT2D eigenvalue weighted by molar-refractivity contribution is -0.120. The number of amides is 1. The van der Waals surface area contributed by atoms with E-state index in [2.05, 4.69) is 18.0 Å². The molecular formula is C22H29N3O2S2. The molecule has 156 valence electrons. The van der Waals surface area contributed by atoms with Crippen LogP contribution < -0.4 is 10.9 Å². The van der Waals surface area contributed by atoms with Crippen molar-refractivity contribution in [2.24, 2.45) is 0 Å². The highest BCUT2D eigenvalue weighted by Crippen LogP contribution is 2.29. The van der Waals surface area contributed by atoms with Crippen molar-refractivity contribution in [1.29, 1.82) is 0 Å². The monoisotopic (exact) mass is 431 g/mol. The van der Waals surface area contributed by atoms with Crippen LogP contribution in [0, 0.1) is 13.8 Å². The number of aryl methyl sites for hydroxylation is 2. The van der Waals surface area contributed by atoms with Gasteiger partial charge in [0.15, 0.2) is 5.16 Å². The second-order valence-electron chi connectivity index (χ2n) is 7.47. The average molecular weight is 432 g/mol. The van der Waals surface area contributed by atoms with Crippen molar-refractivity contribution in [1.82, 2.24) is 14.9 Å². The first kappa shape index (κ1) is 21.8. The minimum Gasteiger partial charge on any atom is -0.355 e.